The Bertz CT molecular complexity index is 1230. The van der Waals surface area contributed by atoms with Crippen molar-refractivity contribution in [2.45, 2.75) is 24.5 Å². The smallest absolute Gasteiger partial charge is 0.343 e. The van der Waals surface area contributed by atoms with E-state index in [0.717, 1.165) is 34.3 Å². The van der Waals surface area contributed by atoms with Crippen LogP contribution in [0.2, 0.25) is 0 Å². The van der Waals surface area contributed by atoms with Crippen molar-refractivity contribution in [3.63, 3.8) is 0 Å². The maximum Gasteiger partial charge on any atom is 0.343 e. The molecule has 0 saturated heterocycles. The molecule has 4 rings (SSSR count). The SMILES string of the molecule is CCOC(=O)c1cnc(SCC(=O)N2N=C(c3ccccc3)C[C@H]2c2ccc(OC)cc2)nc1N. The minimum absolute atomic E-state index is 0.00932. The molecule has 1 aliphatic rings. The number of benzene rings is 2. The molecule has 180 valence electrons. The van der Waals surface area contributed by atoms with Crippen molar-refractivity contribution in [2.75, 3.05) is 25.2 Å². The highest BCUT2D eigenvalue weighted by molar-refractivity contribution is 7.99. The van der Waals surface area contributed by atoms with E-state index in [2.05, 4.69) is 15.1 Å². The van der Waals surface area contributed by atoms with E-state index in [1.807, 2.05) is 54.6 Å². The number of hydrazone groups is 1. The molecule has 0 saturated carbocycles. The van der Waals surface area contributed by atoms with Gasteiger partial charge in [0.05, 0.1) is 31.2 Å². The monoisotopic (exact) mass is 491 g/mol. The number of amides is 1. The molecule has 0 radical (unpaired) electrons. The second-order valence-corrected chi connectivity index (χ2v) is 8.55. The Labute approximate surface area is 207 Å². The molecule has 3 aromatic rings. The Morgan fingerprint density at radius 2 is 1.89 bits per heavy atom. The zero-order chi connectivity index (χ0) is 24.8. The molecular formula is C25H25N5O4S. The Kier molecular flexibility index (Phi) is 7.61. The van der Waals surface area contributed by atoms with Crippen LogP contribution in [0.1, 0.15) is 40.9 Å². The van der Waals surface area contributed by atoms with Gasteiger partial charge < -0.3 is 15.2 Å². The number of methoxy groups -OCH3 is 1. The lowest BCUT2D eigenvalue weighted by atomic mass is 9.98. The second-order valence-electron chi connectivity index (χ2n) is 7.60. The summed E-state index contributed by atoms with van der Waals surface area (Å²) >= 11 is 1.13. The third kappa shape index (κ3) is 5.60. The number of hydrogen-bond donors (Lipinski definition) is 1. The molecule has 0 spiro atoms. The van der Waals surface area contributed by atoms with E-state index < -0.39 is 5.97 Å². The largest absolute Gasteiger partial charge is 0.497 e. The molecule has 1 atom stereocenters. The summed E-state index contributed by atoms with van der Waals surface area (Å²) in [4.78, 5) is 33.5. The van der Waals surface area contributed by atoms with E-state index in [4.69, 9.17) is 15.2 Å². The van der Waals surface area contributed by atoms with Gasteiger partial charge in [0.2, 0.25) is 0 Å². The topological polar surface area (TPSA) is 120 Å². The van der Waals surface area contributed by atoms with Crippen molar-refractivity contribution in [2.24, 2.45) is 5.10 Å². The number of nitrogen functional groups attached to an aromatic ring is 1. The fourth-order valence-electron chi connectivity index (χ4n) is 3.64. The Balaban J connectivity index is 1.52. The summed E-state index contributed by atoms with van der Waals surface area (Å²) in [6.45, 7) is 1.92. The number of rotatable bonds is 8. The van der Waals surface area contributed by atoms with Crippen LogP contribution in [0.4, 0.5) is 5.82 Å². The second kappa shape index (κ2) is 11.0. The van der Waals surface area contributed by atoms with Crippen molar-refractivity contribution in [1.29, 1.82) is 0 Å². The van der Waals surface area contributed by atoms with Crippen molar-refractivity contribution < 1.29 is 19.1 Å². The lowest BCUT2D eigenvalue weighted by Gasteiger charge is -2.22. The van der Waals surface area contributed by atoms with E-state index >= 15 is 0 Å². The van der Waals surface area contributed by atoms with Crippen molar-refractivity contribution >= 4 is 35.2 Å². The summed E-state index contributed by atoms with van der Waals surface area (Å²) in [6, 6.07) is 17.2. The zero-order valence-corrected chi connectivity index (χ0v) is 20.2. The van der Waals surface area contributed by atoms with Gasteiger partial charge in [-0.05, 0) is 30.2 Å². The Morgan fingerprint density at radius 1 is 1.14 bits per heavy atom. The highest BCUT2D eigenvalue weighted by Crippen LogP contribution is 2.34. The maximum absolute atomic E-state index is 13.3. The minimum Gasteiger partial charge on any atom is -0.497 e. The van der Waals surface area contributed by atoms with E-state index in [9.17, 15) is 9.59 Å². The molecule has 10 heteroatoms. The van der Waals surface area contributed by atoms with Crippen LogP contribution >= 0.6 is 11.8 Å². The summed E-state index contributed by atoms with van der Waals surface area (Å²) in [6.07, 6.45) is 1.90. The molecule has 0 fully saturated rings. The predicted octanol–water partition coefficient (Wildman–Crippen LogP) is 3.71. The van der Waals surface area contributed by atoms with Gasteiger partial charge in [-0.1, -0.05) is 54.2 Å². The van der Waals surface area contributed by atoms with Crippen LogP contribution in [0.3, 0.4) is 0 Å². The first-order valence-corrected chi connectivity index (χ1v) is 12.0. The van der Waals surface area contributed by atoms with Crippen LogP contribution in [-0.4, -0.2) is 52.0 Å². The van der Waals surface area contributed by atoms with Gasteiger partial charge in [0.15, 0.2) is 5.16 Å². The molecule has 1 aliphatic heterocycles. The van der Waals surface area contributed by atoms with Gasteiger partial charge in [-0.3, -0.25) is 4.79 Å². The van der Waals surface area contributed by atoms with Gasteiger partial charge in [0.25, 0.3) is 5.91 Å². The first-order valence-electron chi connectivity index (χ1n) is 11.0. The van der Waals surface area contributed by atoms with E-state index in [1.54, 1.807) is 14.0 Å². The number of nitrogens with two attached hydrogens (primary N) is 1. The highest BCUT2D eigenvalue weighted by Gasteiger charge is 2.33. The van der Waals surface area contributed by atoms with Crippen molar-refractivity contribution in [3.05, 3.63) is 77.5 Å². The quantitative estimate of drug-likeness (QED) is 0.288. The van der Waals surface area contributed by atoms with Crippen LogP contribution in [0.5, 0.6) is 5.75 Å². The Hall–Kier alpha value is -3.92. The summed E-state index contributed by atoms with van der Waals surface area (Å²) in [5.74, 6) is 0.0230. The van der Waals surface area contributed by atoms with Gasteiger partial charge in [-0.25, -0.2) is 19.8 Å². The molecule has 1 aromatic heterocycles. The standard InChI is InChI=1S/C25H25N5O4S/c1-3-34-24(32)19-14-27-25(28-23(19)26)35-15-22(31)30-21(17-9-11-18(33-2)12-10-17)13-20(29-30)16-7-5-4-6-8-16/h4-12,14,21H,3,13,15H2,1-2H3,(H2,26,27,28)/t21-/m0/s1. The number of anilines is 1. The number of ether oxygens (including phenoxy) is 2. The molecular weight excluding hydrogens is 466 g/mol. The normalized spacial score (nSPS) is 15.0. The zero-order valence-electron chi connectivity index (χ0n) is 19.4. The van der Waals surface area contributed by atoms with Gasteiger partial charge in [-0.15, -0.1) is 0 Å². The fraction of sp³-hybridized carbons (Fsp3) is 0.240. The number of hydrogen-bond acceptors (Lipinski definition) is 9. The van der Waals surface area contributed by atoms with Crippen LogP contribution in [0, 0.1) is 0 Å². The summed E-state index contributed by atoms with van der Waals surface area (Å²) in [5.41, 5.74) is 8.75. The molecule has 2 heterocycles. The Morgan fingerprint density at radius 3 is 2.54 bits per heavy atom. The summed E-state index contributed by atoms with van der Waals surface area (Å²) < 4.78 is 10.2. The van der Waals surface area contributed by atoms with Crippen LogP contribution in [-0.2, 0) is 9.53 Å². The third-order valence-corrected chi connectivity index (χ3v) is 6.24. The maximum atomic E-state index is 13.3. The summed E-state index contributed by atoms with van der Waals surface area (Å²) in [7, 11) is 1.61. The van der Waals surface area contributed by atoms with Gasteiger partial charge in [0, 0.05) is 12.6 Å². The van der Waals surface area contributed by atoms with Crippen LogP contribution in [0.25, 0.3) is 0 Å². The molecule has 9 nitrogen and oxygen atoms in total. The molecule has 0 aliphatic carbocycles. The number of thioether (sulfide) groups is 1. The average Bonchev–Trinajstić information content (AvgIpc) is 3.34. The molecule has 0 bridgehead atoms. The number of esters is 1. The average molecular weight is 492 g/mol. The number of aromatic nitrogens is 2. The first kappa shape index (κ1) is 24.2. The third-order valence-electron chi connectivity index (χ3n) is 5.39. The van der Waals surface area contributed by atoms with E-state index in [1.165, 1.54) is 11.2 Å². The van der Waals surface area contributed by atoms with Crippen LogP contribution in [0.15, 0.2) is 71.1 Å². The lowest BCUT2D eigenvalue weighted by Crippen LogP contribution is -2.28. The fourth-order valence-corrected chi connectivity index (χ4v) is 4.31. The van der Waals surface area contributed by atoms with Crippen molar-refractivity contribution in [3.8, 4) is 5.75 Å². The highest BCUT2D eigenvalue weighted by atomic mass is 32.2. The molecule has 2 aromatic carbocycles. The van der Waals surface area contributed by atoms with Crippen molar-refractivity contribution in [1.82, 2.24) is 15.0 Å². The minimum atomic E-state index is -0.584. The van der Waals surface area contributed by atoms with E-state index in [0.29, 0.717) is 6.42 Å². The molecule has 2 N–H and O–H groups in total. The van der Waals surface area contributed by atoms with Gasteiger partial charge >= 0.3 is 5.97 Å². The lowest BCUT2D eigenvalue weighted by molar-refractivity contribution is -0.130. The molecule has 35 heavy (non-hydrogen) atoms. The molecule has 1 amide bonds. The molecule has 0 unspecified atom stereocenters. The van der Waals surface area contributed by atoms with E-state index in [-0.39, 0.29) is 40.8 Å². The van der Waals surface area contributed by atoms with Gasteiger partial charge in [0.1, 0.15) is 17.1 Å². The van der Waals surface area contributed by atoms with Gasteiger partial charge in [-0.2, -0.15) is 5.10 Å². The number of nitrogens with zero attached hydrogens (tertiary/aromatic N) is 4. The number of carbonyl (C=O) groups excluding carboxylic acids is 2. The van der Waals surface area contributed by atoms with Crippen LogP contribution < -0.4 is 10.5 Å². The first-order chi connectivity index (χ1) is 17.0. The predicted molar refractivity (Wildman–Crippen MR) is 133 cm³/mol. The summed E-state index contributed by atoms with van der Waals surface area (Å²) in [5, 5.41) is 6.49. The number of carbonyl (C=O) groups is 2.